The Morgan fingerprint density at radius 3 is 2.00 bits per heavy atom. The Morgan fingerprint density at radius 1 is 0.864 bits per heavy atom. The minimum absolute atomic E-state index is 0.0635. The maximum absolute atomic E-state index is 12.5. The van der Waals surface area contributed by atoms with Crippen LogP contribution in [0.25, 0.3) is 0 Å². The maximum atomic E-state index is 12.5. The zero-order chi connectivity index (χ0) is 16.3. The summed E-state index contributed by atoms with van der Waals surface area (Å²) in [6.45, 7) is 4.36. The van der Waals surface area contributed by atoms with Gasteiger partial charge in [-0.15, -0.1) is 0 Å². The van der Waals surface area contributed by atoms with E-state index in [0.29, 0.717) is 4.90 Å². The van der Waals surface area contributed by atoms with Gasteiger partial charge in [-0.2, -0.15) is 0 Å². The second-order valence-electron chi connectivity index (χ2n) is 5.98. The molecule has 0 amide bonds. The zero-order valence-electron chi connectivity index (χ0n) is 14.1. The Morgan fingerprint density at radius 2 is 1.41 bits per heavy atom. The van der Waals surface area contributed by atoms with Crippen LogP contribution in [0.1, 0.15) is 71.6 Å². The molecular weight excluding hydrogens is 294 g/mol. The standard InChI is InChI=1S/C18H31NO2S/c1-3-5-7-10-14-17(13-9-6-4-2)19-22(20,21)18-15-11-8-12-16-18/h8,11-12,15-17,19H,3-7,9-10,13-14H2,1-2H3. The van der Waals surface area contributed by atoms with Crippen molar-refractivity contribution in [3.8, 4) is 0 Å². The molecule has 0 bridgehead atoms. The van der Waals surface area contributed by atoms with Gasteiger partial charge in [0.2, 0.25) is 10.0 Å². The highest BCUT2D eigenvalue weighted by molar-refractivity contribution is 7.89. The van der Waals surface area contributed by atoms with E-state index in [1.807, 2.05) is 6.07 Å². The largest absolute Gasteiger partial charge is 0.240 e. The van der Waals surface area contributed by atoms with Crippen LogP contribution in [-0.2, 0) is 10.0 Å². The van der Waals surface area contributed by atoms with E-state index in [1.165, 1.54) is 25.7 Å². The summed E-state index contributed by atoms with van der Waals surface area (Å²) in [4.78, 5) is 0.365. The van der Waals surface area contributed by atoms with E-state index >= 15 is 0 Å². The molecule has 1 rings (SSSR count). The predicted molar refractivity (Wildman–Crippen MR) is 93.5 cm³/mol. The van der Waals surface area contributed by atoms with Crippen LogP contribution in [-0.4, -0.2) is 14.5 Å². The molecule has 1 N–H and O–H groups in total. The van der Waals surface area contributed by atoms with Crippen LogP contribution < -0.4 is 4.72 Å². The van der Waals surface area contributed by atoms with Crippen LogP contribution in [0.15, 0.2) is 35.2 Å². The van der Waals surface area contributed by atoms with Gasteiger partial charge < -0.3 is 0 Å². The predicted octanol–water partition coefficient (Wildman–Crippen LogP) is 4.88. The first-order valence-electron chi connectivity index (χ1n) is 8.67. The number of hydrogen-bond acceptors (Lipinski definition) is 2. The van der Waals surface area contributed by atoms with Crippen LogP contribution in [0, 0.1) is 0 Å². The SMILES string of the molecule is CCCCCCC(CCCCC)NS(=O)(=O)c1ccccc1. The number of unbranched alkanes of at least 4 members (excludes halogenated alkanes) is 5. The Bertz CT molecular complexity index is 485. The second-order valence-corrected chi connectivity index (χ2v) is 7.69. The lowest BCUT2D eigenvalue weighted by atomic mass is 10.0. The van der Waals surface area contributed by atoms with Gasteiger partial charge in [-0.25, -0.2) is 13.1 Å². The topological polar surface area (TPSA) is 46.2 Å². The normalized spacial score (nSPS) is 13.2. The molecule has 0 saturated carbocycles. The first kappa shape index (κ1) is 19.2. The highest BCUT2D eigenvalue weighted by Crippen LogP contribution is 2.15. The van der Waals surface area contributed by atoms with E-state index in [1.54, 1.807) is 24.3 Å². The van der Waals surface area contributed by atoms with Crippen molar-refractivity contribution in [2.45, 2.75) is 82.6 Å². The summed E-state index contributed by atoms with van der Waals surface area (Å²) in [5.41, 5.74) is 0. The van der Waals surface area contributed by atoms with Crippen molar-refractivity contribution in [3.05, 3.63) is 30.3 Å². The third-order valence-electron chi connectivity index (χ3n) is 3.94. The van der Waals surface area contributed by atoms with Crippen molar-refractivity contribution in [2.75, 3.05) is 0 Å². The number of rotatable bonds is 12. The van der Waals surface area contributed by atoms with Crippen LogP contribution >= 0.6 is 0 Å². The maximum Gasteiger partial charge on any atom is 0.240 e. The molecule has 0 aliphatic rings. The minimum Gasteiger partial charge on any atom is -0.208 e. The lowest BCUT2D eigenvalue weighted by Crippen LogP contribution is -2.34. The van der Waals surface area contributed by atoms with E-state index in [-0.39, 0.29) is 6.04 Å². The van der Waals surface area contributed by atoms with Crippen molar-refractivity contribution in [1.82, 2.24) is 4.72 Å². The molecule has 1 unspecified atom stereocenters. The fourth-order valence-corrected chi connectivity index (χ4v) is 3.93. The lowest BCUT2D eigenvalue weighted by Gasteiger charge is -2.19. The summed E-state index contributed by atoms with van der Waals surface area (Å²) >= 11 is 0. The van der Waals surface area contributed by atoms with Gasteiger partial charge in [-0.1, -0.05) is 77.0 Å². The minimum atomic E-state index is -3.39. The van der Waals surface area contributed by atoms with Crippen molar-refractivity contribution < 1.29 is 8.42 Å². The average molecular weight is 326 g/mol. The summed E-state index contributed by atoms with van der Waals surface area (Å²) in [5.74, 6) is 0. The van der Waals surface area contributed by atoms with Crippen LogP contribution in [0.2, 0.25) is 0 Å². The van der Waals surface area contributed by atoms with Gasteiger partial charge in [-0.05, 0) is 25.0 Å². The van der Waals surface area contributed by atoms with Gasteiger partial charge >= 0.3 is 0 Å². The van der Waals surface area contributed by atoms with E-state index < -0.39 is 10.0 Å². The first-order valence-corrected chi connectivity index (χ1v) is 10.2. The molecule has 0 aliphatic carbocycles. The van der Waals surface area contributed by atoms with Crippen LogP contribution in [0.4, 0.5) is 0 Å². The summed E-state index contributed by atoms with van der Waals surface area (Å²) in [6, 6.07) is 8.74. The van der Waals surface area contributed by atoms with Gasteiger partial charge in [0.05, 0.1) is 4.90 Å². The van der Waals surface area contributed by atoms with Crippen molar-refractivity contribution >= 4 is 10.0 Å². The molecule has 1 aromatic rings. The summed E-state index contributed by atoms with van der Waals surface area (Å²) < 4.78 is 27.8. The van der Waals surface area contributed by atoms with Gasteiger partial charge in [0.25, 0.3) is 0 Å². The van der Waals surface area contributed by atoms with Crippen LogP contribution in [0.3, 0.4) is 0 Å². The van der Waals surface area contributed by atoms with Gasteiger partial charge in [0.1, 0.15) is 0 Å². The molecular formula is C18H31NO2S. The average Bonchev–Trinajstić information content (AvgIpc) is 2.52. The first-order chi connectivity index (χ1) is 10.6. The highest BCUT2D eigenvalue weighted by Gasteiger charge is 2.19. The van der Waals surface area contributed by atoms with Gasteiger partial charge in [-0.3, -0.25) is 0 Å². The fourth-order valence-electron chi connectivity index (χ4n) is 2.61. The smallest absolute Gasteiger partial charge is 0.208 e. The molecule has 3 nitrogen and oxygen atoms in total. The summed E-state index contributed by atoms with van der Waals surface area (Å²) in [6.07, 6.45) is 10.0. The third-order valence-corrected chi connectivity index (χ3v) is 5.47. The molecule has 22 heavy (non-hydrogen) atoms. The van der Waals surface area contributed by atoms with E-state index in [4.69, 9.17) is 0 Å². The molecule has 0 saturated heterocycles. The van der Waals surface area contributed by atoms with Crippen LogP contribution in [0.5, 0.6) is 0 Å². The Balaban J connectivity index is 2.61. The fraction of sp³-hybridized carbons (Fsp3) is 0.667. The number of nitrogens with one attached hydrogen (secondary N) is 1. The molecule has 0 aromatic heterocycles. The molecule has 1 atom stereocenters. The molecule has 0 spiro atoms. The van der Waals surface area contributed by atoms with E-state index in [9.17, 15) is 8.42 Å². The summed E-state index contributed by atoms with van der Waals surface area (Å²) in [5, 5.41) is 0. The van der Waals surface area contributed by atoms with E-state index in [2.05, 4.69) is 18.6 Å². The van der Waals surface area contributed by atoms with Gasteiger partial charge in [0.15, 0.2) is 0 Å². The molecule has 0 radical (unpaired) electrons. The Hall–Kier alpha value is -0.870. The molecule has 1 aromatic carbocycles. The van der Waals surface area contributed by atoms with Crippen molar-refractivity contribution in [2.24, 2.45) is 0 Å². The van der Waals surface area contributed by atoms with Crippen molar-refractivity contribution in [1.29, 1.82) is 0 Å². The van der Waals surface area contributed by atoms with Crippen molar-refractivity contribution in [3.63, 3.8) is 0 Å². The highest BCUT2D eigenvalue weighted by atomic mass is 32.2. The zero-order valence-corrected chi connectivity index (χ0v) is 14.9. The number of sulfonamides is 1. The lowest BCUT2D eigenvalue weighted by molar-refractivity contribution is 0.460. The molecule has 0 fully saturated rings. The molecule has 0 heterocycles. The second kappa shape index (κ2) is 10.8. The Kier molecular flexibility index (Phi) is 9.41. The Labute approximate surface area is 136 Å². The van der Waals surface area contributed by atoms with E-state index in [0.717, 1.165) is 32.1 Å². The molecule has 4 heteroatoms. The third kappa shape index (κ3) is 7.41. The number of hydrogen-bond donors (Lipinski definition) is 1. The quantitative estimate of drug-likeness (QED) is 0.556. The summed E-state index contributed by atoms with van der Waals surface area (Å²) in [7, 11) is -3.39. The molecule has 126 valence electrons. The van der Waals surface area contributed by atoms with Gasteiger partial charge in [0, 0.05) is 6.04 Å². The molecule has 0 aliphatic heterocycles. The number of benzene rings is 1. The monoisotopic (exact) mass is 325 g/mol.